The van der Waals surface area contributed by atoms with Crippen LogP contribution in [0, 0.1) is 0 Å². The van der Waals surface area contributed by atoms with Crippen LogP contribution >= 0.6 is 0 Å². The Morgan fingerprint density at radius 2 is 1.59 bits per heavy atom. The molecule has 0 saturated carbocycles. The van der Waals surface area contributed by atoms with Gasteiger partial charge in [-0.25, -0.2) is 15.0 Å². The van der Waals surface area contributed by atoms with E-state index in [4.69, 9.17) is 0 Å². The van der Waals surface area contributed by atoms with Crippen LogP contribution in [0.2, 0.25) is 0 Å². The van der Waals surface area contributed by atoms with Gasteiger partial charge in [-0.1, -0.05) is 32.9 Å². The highest BCUT2D eigenvalue weighted by atomic mass is 16.1. The molecule has 0 atom stereocenters. The molecule has 0 unspecified atom stereocenters. The minimum atomic E-state index is -0.219. The smallest absolute Gasteiger partial charge is 0.259 e. The third-order valence-electron chi connectivity index (χ3n) is 4.09. The van der Waals surface area contributed by atoms with Gasteiger partial charge in [-0.3, -0.25) is 4.79 Å². The highest BCUT2D eigenvalue weighted by Crippen LogP contribution is 2.24. The van der Waals surface area contributed by atoms with Gasteiger partial charge < -0.3 is 10.6 Å². The molecule has 6 heteroatoms. The van der Waals surface area contributed by atoms with Crippen LogP contribution in [0.3, 0.4) is 0 Å². The summed E-state index contributed by atoms with van der Waals surface area (Å²) in [7, 11) is 0. The fourth-order valence-electron chi connectivity index (χ4n) is 2.57. The van der Waals surface area contributed by atoms with Crippen LogP contribution < -0.4 is 10.6 Å². The van der Waals surface area contributed by atoms with Gasteiger partial charge in [0.15, 0.2) is 0 Å². The predicted octanol–water partition coefficient (Wildman–Crippen LogP) is 4.03. The molecule has 2 aromatic heterocycles. The Hall–Kier alpha value is -3.28. The SMILES string of the molecule is CC(C)(C)c1ccc(NC(=O)c2cccnc2NCc2ncccn2)cc1. The summed E-state index contributed by atoms with van der Waals surface area (Å²) in [5.41, 5.74) is 2.50. The van der Waals surface area contributed by atoms with E-state index >= 15 is 0 Å². The second kappa shape index (κ2) is 7.95. The summed E-state index contributed by atoms with van der Waals surface area (Å²) in [5, 5.41) is 6.05. The number of anilines is 2. The summed E-state index contributed by atoms with van der Waals surface area (Å²) < 4.78 is 0. The molecular formula is C21H23N5O. The average molecular weight is 361 g/mol. The molecule has 1 amide bonds. The molecule has 6 nitrogen and oxygen atoms in total. The lowest BCUT2D eigenvalue weighted by Gasteiger charge is -2.19. The van der Waals surface area contributed by atoms with E-state index in [1.807, 2.05) is 24.3 Å². The summed E-state index contributed by atoms with van der Waals surface area (Å²) in [6, 6.07) is 13.1. The van der Waals surface area contributed by atoms with Crippen molar-refractivity contribution >= 4 is 17.4 Å². The molecule has 0 aliphatic rings. The van der Waals surface area contributed by atoms with Gasteiger partial charge in [-0.2, -0.15) is 0 Å². The molecule has 0 spiro atoms. The molecule has 3 aromatic rings. The summed E-state index contributed by atoms with van der Waals surface area (Å²) >= 11 is 0. The molecule has 0 saturated heterocycles. The number of nitrogens with zero attached hydrogens (tertiary/aromatic N) is 3. The first-order valence-corrected chi connectivity index (χ1v) is 8.80. The fourth-order valence-corrected chi connectivity index (χ4v) is 2.57. The molecule has 27 heavy (non-hydrogen) atoms. The molecule has 0 radical (unpaired) electrons. The first-order chi connectivity index (χ1) is 12.9. The molecule has 0 bridgehead atoms. The number of carbonyl (C=O) groups excluding carboxylic acids is 1. The predicted molar refractivity (Wildman–Crippen MR) is 107 cm³/mol. The van der Waals surface area contributed by atoms with Crippen LogP contribution in [-0.4, -0.2) is 20.9 Å². The molecule has 3 rings (SSSR count). The van der Waals surface area contributed by atoms with Gasteiger partial charge in [0.05, 0.1) is 12.1 Å². The van der Waals surface area contributed by atoms with Crippen LogP contribution in [0.15, 0.2) is 61.1 Å². The van der Waals surface area contributed by atoms with Gasteiger partial charge in [-0.15, -0.1) is 0 Å². The molecule has 0 fully saturated rings. The van der Waals surface area contributed by atoms with E-state index in [1.165, 1.54) is 5.56 Å². The monoisotopic (exact) mass is 361 g/mol. The number of pyridine rings is 1. The highest BCUT2D eigenvalue weighted by molar-refractivity contribution is 6.07. The standard InChI is InChI=1S/C21H23N5O/c1-21(2,3)15-7-9-16(10-8-15)26-20(27)17-6-4-11-24-19(17)25-14-18-22-12-5-13-23-18/h4-13H,14H2,1-3H3,(H,24,25)(H,26,27). The van der Waals surface area contributed by atoms with Crippen molar-refractivity contribution in [2.24, 2.45) is 0 Å². The maximum Gasteiger partial charge on any atom is 0.259 e. The van der Waals surface area contributed by atoms with Gasteiger partial charge in [0.1, 0.15) is 11.6 Å². The summed E-state index contributed by atoms with van der Waals surface area (Å²) in [6.07, 6.45) is 5.00. The molecule has 0 aliphatic heterocycles. The quantitative estimate of drug-likeness (QED) is 0.717. The average Bonchev–Trinajstić information content (AvgIpc) is 2.67. The van der Waals surface area contributed by atoms with Gasteiger partial charge >= 0.3 is 0 Å². The molecule has 2 heterocycles. The Labute approximate surface area is 159 Å². The minimum Gasteiger partial charge on any atom is -0.362 e. The van der Waals surface area contributed by atoms with Crippen molar-refractivity contribution in [1.29, 1.82) is 0 Å². The van der Waals surface area contributed by atoms with E-state index < -0.39 is 0 Å². The Balaban J connectivity index is 1.71. The van der Waals surface area contributed by atoms with Crippen LogP contribution in [0.25, 0.3) is 0 Å². The van der Waals surface area contributed by atoms with E-state index in [0.29, 0.717) is 23.8 Å². The maximum atomic E-state index is 12.7. The number of aromatic nitrogens is 3. The van der Waals surface area contributed by atoms with E-state index in [1.54, 1.807) is 36.8 Å². The summed E-state index contributed by atoms with van der Waals surface area (Å²) in [5.74, 6) is 0.907. The number of nitrogens with one attached hydrogen (secondary N) is 2. The Morgan fingerprint density at radius 3 is 2.26 bits per heavy atom. The Kier molecular flexibility index (Phi) is 5.45. The number of benzene rings is 1. The third kappa shape index (κ3) is 4.88. The van der Waals surface area contributed by atoms with Crippen molar-refractivity contribution in [3.05, 3.63) is 78.0 Å². The number of carbonyl (C=O) groups is 1. The van der Waals surface area contributed by atoms with Crippen molar-refractivity contribution in [2.75, 3.05) is 10.6 Å². The lowest BCUT2D eigenvalue weighted by atomic mass is 9.87. The maximum absolute atomic E-state index is 12.7. The zero-order chi connectivity index (χ0) is 19.3. The van der Waals surface area contributed by atoms with Crippen molar-refractivity contribution < 1.29 is 4.79 Å². The van der Waals surface area contributed by atoms with Gasteiger partial charge in [0.25, 0.3) is 5.91 Å². The lowest BCUT2D eigenvalue weighted by Crippen LogP contribution is -2.16. The minimum absolute atomic E-state index is 0.0719. The Bertz CT molecular complexity index is 902. The van der Waals surface area contributed by atoms with E-state index in [9.17, 15) is 4.79 Å². The van der Waals surface area contributed by atoms with E-state index in [0.717, 1.165) is 5.69 Å². The normalized spacial score (nSPS) is 11.1. The largest absolute Gasteiger partial charge is 0.362 e. The zero-order valence-electron chi connectivity index (χ0n) is 15.7. The topological polar surface area (TPSA) is 79.8 Å². The van der Waals surface area contributed by atoms with Crippen molar-refractivity contribution in [2.45, 2.75) is 32.7 Å². The van der Waals surface area contributed by atoms with Crippen molar-refractivity contribution in [1.82, 2.24) is 15.0 Å². The zero-order valence-corrected chi connectivity index (χ0v) is 15.7. The Morgan fingerprint density at radius 1 is 0.926 bits per heavy atom. The highest BCUT2D eigenvalue weighted by Gasteiger charge is 2.15. The number of hydrogen-bond donors (Lipinski definition) is 2. The summed E-state index contributed by atoms with van der Waals surface area (Å²) in [6.45, 7) is 6.86. The molecule has 1 aromatic carbocycles. The van der Waals surface area contributed by atoms with Gasteiger partial charge in [-0.05, 0) is 41.3 Å². The van der Waals surface area contributed by atoms with Crippen molar-refractivity contribution in [3.63, 3.8) is 0 Å². The van der Waals surface area contributed by atoms with Gasteiger partial charge in [0.2, 0.25) is 0 Å². The third-order valence-corrected chi connectivity index (χ3v) is 4.09. The first-order valence-electron chi connectivity index (χ1n) is 8.80. The van der Waals surface area contributed by atoms with Crippen LogP contribution in [0.4, 0.5) is 11.5 Å². The van der Waals surface area contributed by atoms with E-state index in [-0.39, 0.29) is 11.3 Å². The molecule has 2 N–H and O–H groups in total. The molecule has 138 valence electrons. The van der Waals surface area contributed by atoms with Crippen LogP contribution in [-0.2, 0) is 12.0 Å². The first kappa shape index (κ1) is 18.5. The second-order valence-corrected chi connectivity index (χ2v) is 7.20. The molecular weight excluding hydrogens is 338 g/mol. The number of amides is 1. The van der Waals surface area contributed by atoms with E-state index in [2.05, 4.69) is 46.4 Å². The number of rotatable bonds is 5. The number of hydrogen-bond acceptors (Lipinski definition) is 5. The lowest BCUT2D eigenvalue weighted by molar-refractivity contribution is 0.102. The van der Waals surface area contributed by atoms with Gasteiger partial charge in [0, 0.05) is 24.3 Å². The van der Waals surface area contributed by atoms with Crippen LogP contribution in [0.1, 0.15) is 42.5 Å². The van der Waals surface area contributed by atoms with Crippen LogP contribution in [0.5, 0.6) is 0 Å². The fraction of sp³-hybridized carbons (Fsp3) is 0.238. The molecule has 0 aliphatic carbocycles. The van der Waals surface area contributed by atoms with Crippen molar-refractivity contribution in [3.8, 4) is 0 Å². The second-order valence-electron chi connectivity index (χ2n) is 7.20. The summed E-state index contributed by atoms with van der Waals surface area (Å²) in [4.78, 5) is 25.3.